The maximum atomic E-state index is 13.2. The van der Waals surface area contributed by atoms with Gasteiger partial charge < -0.3 is 18.8 Å². The number of carbonyl (C=O) groups is 2. The van der Waals surface area contributed by atoms with Crippen LogP contribution < -0.4 is 14.3 Å². The normalized spacial score (nSPS) is 18.7. The Morgan fingerprint density at radius 2 is 1.91 bits per heavy atom. The van der Waals surface area contributed by atoms with Gasteiger partial charge in [-0.2, -0.15) is 9.30 Å². The number of hydrogen-bond acceptors (Lipinski definition) is 8. The van der Waals surface area contributed by atoms with Crippen molar-refractivity contribution in [1.29, 1.82) is 0 Å². The van der Waals surface area contributed by atoms with Crippen molar-refractivity contribution < 1.29 is 32.2 Å². The summed E-state index contributed by atoms with van der Waals surface area (Å²) in [6, 6.07) is 11.7. The lowest BCUT2D eigenvalue weighted by Gasteiger charge is -2.30. The number of esters is 1. The van der Waals surface area contributed by atoms with Gasteiger partial charge in [0.25, 0.3) is 5.91 Å². The van der Waals surface area contributed by atoms with Gasteiger partial charge in [-0.1, -0.05) is 29.5 Å². The molecule has 5 rings (SSSR count). The second-order valence-corrected chi connectivity index (χ2v) is 11.1. The lowest BCUT2D eigenvalue weighted by molar-refractivity contribution is -0.141. The average Bonchev–Trinajstić information content (AvgIpc) is 3.46. The molecule has 0 saturated carbocycles. The van der Waals surface area contributed by atoms with Gasteiger partial charge in [-0.15, -0.1) is 0 Å². The zero-order chi connectivity index (χ0) is 24.6. The number of sulfonamides is 1. The fraction of sp³-hybridized carbons (Fsp3) is 0.348. The van der Waals surface area contributed by atoms with Gasteiger partial charge in [0.05, 0.1) is 28.1 Å². The first-order valence-corrected chi connectivity index (χ1v) is 13.3. The van der Waals surface area contributed by atoms with Gasteiger partial charge in [0, 0.05) is 25.2 Å². The van der Waals surface area contributed by atoms with Crippen molar-refractivity contribution in [2.75, 3.05) is 27.0 Å². The SMILES string of the molecule is COC(=O)Cn1c(=NC(=O)C2CCCN(S(=O)(=O)c3ccccc3)C2)sc2cc3c(cc21)OCO3. The molecule has 184 valence electrons. The van der Waals surface area contributed by atoms with E-state index in [0.717, 1.165) is 4.70 Å². The van der Waals surface area contributed by atoms with Crippen LogP contribution in [0.3, 0.4) is 0 Å². The molecule has 0 radical (unpaired) electrons. The largest absolute Gasteiger partial charge is 0.468 e. The molecular formula is C23H23N3O7S2. The van der Waals surface area contributed by atoms with Crippen molar-refractivity contribution in [3.8, 4) is 11.5 Å². The minimum Gasteiger partial charge on any atom is -0.468 e. The number of thiazole rings is 1. The lowest BCUT2D eigenvalue weighted by Crippen LogP contribution is -2.42. The van der Waals surface area contributed by atoms with E-state index in [1.54, 1.807) is 47.0 Å². The number of amides is 1. The summed E-state index contributed by atoms with van der Waals surface area (Å²) in [6.45, 7) is 0.375. The number of methoxy groups -OCH3 is 1. The van der Waals surface area contributed by atoms with E-state index in [0.29, 0.717) is 41.2 Å². The molecule has 1 atom stereocenters. The summed E-state index contributed by atoms with van der Waals surface area (Å²) < 4.78 is 45.5. The van der Waals surface area contributed by atoms with Crippen molar-refractivity contribution in [3.05, 3.63) is 47.3 Å². The van der Waals surface area contributed by atoms with E-state index in [9.17, 15) is 18.0 Å². The van der Waals surface area contributed by atoms with Crippen LogP contribution in [-0.4, -0.2) is 56.2 Å². The smallest absolute Gasteiger partial charge is 0.325 e. The van der Waals surface area contributed by atoms with Crippen molar-refractivity contribution in [3.63, 3.8) is 0 Å². The first-order valence-electron chi connectivity index (χ1n) is 11.0. The van der Waals surface area contributed by atoms with Crippen molar-refractivity contribution in [2.24, 2.45) is 10.9 Å². The van der Waals surface area contributed by atoms with Crippen molar-refractivity contribution in [2.45, 2.75) is 24.3 Å². The van der Waals surface area contributed by atoms with Crippen molar-refractivity contribution >= 4 is 43.5 Å². The third kappa shape index (κ3) is 4.56. The van der Waals surface area contributed by atoms with Gasteiger partial charge in [-0.05, 0) is 25.0 Å². The Bertz CT molecular complexity index is 1460. The Kier molecular flexibility index (Phi) is 6.34. The molecule has 2 aromatic carbocycles. The van der Waals surface area contributed by atoms with Crippen LogP contribution in [0.5, 0.6) is 11.5 Å². The quantitative estimate of drug-likeness (QED) is 0.476. The molecule has 0 N–H and O–H groups in total. The summed E-state index contributed by atoms with van der Waals surface area (Å²) in [5.74, 6) is -0.385. The number of hydrogen-bond donors (Lipinski definition) is 0. The predicted octanol–water partition coefficient (Wildman–Crippen LogP) is 2.13. The van der Waals surface area contributed by atoms with Crippen LogP contribution in [0.2, 0.25) is 0 Å². The van der Waals surface area contributed by atoms with Gasteiger partial charge in [0.2, 0.25) is 16.8 Å². The van der Waals surface area contributed by atoms with E-state index in [4.69, 9.17) is 14.2 Å². The van der Waals surface area contributed by atoms with E-state index in [1.807, 2.05) is 0 Å². The number of nitrogens with zero attached hydrogens (tertiary/aromatic N) is 3. The van der Waals surface area contributed by atoms with E-state index in [2.05, 4.69) is 4.99 Å². The molecule has 12 heteroatoms. The van der Waals surface area contributed by atoms with E-state index >= 15 is 0 Å². The number of fused-ring (bicyclic) bond motifs is 2. The maximum absolute atomic E-state index is 13.2. The number of rotatable bonds is 5. The summed E-state index contributed by atoms with van der Waals surface area (Å²) in [5.41, 5.74) is 0.660. The molecule has 1 aromatic heterocycles. The van der Waals surface area contributed by atoms with Crippen LogP contribution in [0.4, 0.5) is 0 Å². The molecule has 1 fully saturated rings. The highest BCUT2D eigenvalue weighted by Gasteiger charge is 2.33. The summed E-state index contributed by atoms with van der Waals surface area (Å²) in [5, 5.41) is 0. The molecule has 1 amide bonds. The Hall–Kier alpha value is -3.22. The minimum absolute atomic E-state index is 0.0530. The zero-order valence-electron chi connectivity index (χ0n) is 18.9. The zero-order valence-corrected chi connectivity index (χ0v) is 20.5. The first-order chi connectivity index (χ1) is 16.9. The second-order valence-electron chi connectivity index (χ2n) is 8.19. The minimum atomic E-state index is -3.71. The molecule has 1 saturated heterocycles. The number of benzene rings is 2. The predicted molar refractivity (Wildman–Crippen MR) is 126 cm³/mol. The number of ether oxygens (including phenoxy) is 3. The standard InChI is InChI=1S/C23H23N3O7S2/c1-31-21(27)13-26-17-10-18-19(33-14-32-18)11-20(17)34-23(26)24-22(28)15-6-5-9-25(12-15)35(29,30)16-7-3-2-4-8-16/h2-4,7-8,10-11,15H,5-6,9,12-14H2,1H3. The highest BCUT2D eigenvalue weighted by Crippen LogP contribution is 2.37. The van der Waals surface area contributed by atoms with Gasteiger partial charge in [0.15, 0.2) is 16.3 Å². The van der Waals surface area contributed by atoms with E-state index in [-0.39, 0.29) is 24.8 Å². The Labute approximate surface area is 205 Å². The van der Waals surface area contributed by atoms with Crippen LogP contribution in [0, 0.1) is 5.92 Å². The monoisotopic (exact) mass is 517 g/mol. The summed E-state index contributed by atoms with van der Waals surface area (Å²) in [4.78, 5) is 30.1. The number of aromatic nitrogens is 1. The van der Waals surface area contributed by atoms with Crippen molar-refractivity contribution in [1.82, 2.24) is 8.87 Å². The van der Waals surface area contributed by atoms with Crippen LogP contribution in [0.25, 0.3) is 10.2 Å². The van der Waals surface area contributed by atoms with Gasteiger partial charge >= 0.3 is 5.97 Å². The molecule has 0 spiro atoms. The molecule has 10 nitrogen and oxygen atoms in total. The van der Waals surface area contributed by atoms with Crippen LogP contribution in [0.15, 0.2) is 52.4 Å². The number of carbonyl (C=O) groups excluding carboxylic acids is 2. The summed E-state index contributed by atoms with van der Waals surface area (Å²) in [6.07, 6.45) is 1.08. The average molecular weight is 518 g/mol. The first kappa shape index (κ1) is 23.5. The molecule has 1 unspecified atom stereocenters. The molecule has 0 bridgehead atoms. The molecule has 35 heavy (non-hydrogen) atoms. The van der Waals surface area contributed by atoms with Crippen LogP contribution in [0.1, 0.15) is 12.8 Å². The fourth-order valence-electron chi connectivity index (χ4n) is 4.18. The van der Waals surface area contributed by atoms with E-state index < -0.39 is 27.8 Å². The van der Waals surface area contributed by atoms with Crippen LogP contribution in [-0.2, 0) is 30.9 Å². The maximum Gasteiger partial charge on any atom is 0.325 e. The Morgan fingerprint density at radius 1 is 1.17 bits per heavy atom. The Balaban J connectivity index is 1.47. The summed E-state index contributed by atoms with van der Waals surface area (Å²) >= 11 is 1.24. The van der Waals surface area contributed by atoms with E-state index in [1.165, 1.54) is 22.8 Å². The molecular weight excluding hydrogens is 494 g/mol. The van der Waals surface area contributed by atoms with Gasteiger partial charge in [0.1, 0.15) is 6.54 Å². The molecule has 0 aliphatic carbocycles. The molecule has 2 aliphatic rings. The summed E-state index contributed by atoms with van der Waals surface area (Å²) in [7, 11) is -2.42. The topological polar surface area (TPSA) is 116 Å². The van der Waals surface area contributed by atoms with Gasteiger partial charge in [-0.3, -0.25) is 9.59 Å². The lowest BCUT2D eigenvalue weighted by atomic mass is 9.99. The third-order valence-electron chi connectivity index (χ3n) is 6.01. The highest BCUT2D eigenvalue weighted by molar-refractivity contribution is 7.89. The molecule has 2 aliphatic heterocycles. The van der Waals surface area contributed by atoms with Crippen LogP contribution >= 0.6 is 11.3 Å². The third-order valence-corrected chi connectivity index (χ3v) is 8.93. The second kappa shape index (κ2) is 9.44. The number of piperidine rings is 1. The van der Waals surface area contributed by atoms with Gasteiger partial charge in [-0.25, -0.2) is 8.42 Å². The molecule has 3 aromatic rings. The fourth-order valence-corrected chi connectivity index (χ4v) is 6.77. The highest BCUT2D eigenvalue weighted by atomic mass is 32.2. The molecule has 3 heterocycles. The Morgan fingerprint density at radius 3 is 2.66 bits per heavy atom.